The maximum absolute atomic E-state index is 9.31. The molecule has 0 saturated heterocycles. The largest absolute Gasteiger partial charge is 0.497 e. The van der Waals surface area contributed by atoms with E-state index in [1.165, 1.54) is 5.56 Å². The summed E-state index contributed by atoms with van der Waals surface area (Å²) >= 11 is 0. The van der Waals surface area contributed by atoms with Gasteiger partial charge in [-0.05, 0) is 29.7 Å². The van der Waals surface area contributed by atoms with E-state index in [1.807, 2.05) is 54.6 Å². The third-order valence-electron chi connectivity index (χ3n) is 2.93. The van der Waals surface area contributed by atoms with Crippen molar-refractivity contribution in [2.24, 2.45) is 0 Å². The average molecular weight is 237 g/mol. The molecule has 0 radical (unpaired) electrons. The minimum Gasteiger partial charge on any atom is -0.497 e. The lowest BCUT2D eigenvalue weighted by molar-refractivity contribution is 0.414. The summed E-state index contributed by atoms with van der Waals surface area (Å²) in [5.41, 5.74) is 2.17. The number of benzene rings is 2. The van der Waals surface area contributed by atoms with E-state index in [4.69, 9.17) is 4.74 Å². The molecule has 0 aliphatic carbocycles. The van der Waals surface area contributed by atoms with Crippen LogP contribution in [-0.2, 0) is 6.42 Å². The number of nitrogens with zero attached hydrogens (tertiary/aromatic N) is 1. The van der Waals surface area contributed by atoms with Gasteiger partial charge in [-0.15, -0.1) is 0 Å². The smallest absolute Gasteiger partial charge is 0.119 e. The molecule has 0 aliphatic heterocycles. The van der Waals surface area contributed by atoms with Crippen molar-refractivity contribution < 1.29 is 4.74 Å². The minimum atomic E-state index is -0.137. The highest BCUT2D eigenvalue weighted by Crippen LogP contribution is 2.23. The molecule has 0 aromatic heterocycles. The minimum absolute atomic E-state index is 0.137. The molecule has 2 nitrogen and oxygen atoms in total. The summed E-state index contributed by atoms with van der Waals surface area (Å²) in [5.74, 6) is 0.656. The molecule has 90 valence electrons. The van der Waals surface area contributed by atoms with Crippen LogP contribution in [0.1, 0.15) is 17.0 Å². The second-order valence-corrected chi connectivity index (χ2v) is 4.15. The van der Waals surface area contributed by atoms with Crippen LogP contribution in [0.3, 0.4) is 0 Å². The lowest BCUT2D eigenvalue weighted by Crippen LogP contribution is -2.00. The molecule has 2 heteroatoms. The quantitative estimate of drug-likeness (QED) is 0.814. The van der Waals surface area contributed by atoms with Crippen LogP contribution in [0.5, 0.6) is 5.75 Å². The lowest BCUT2D eigenvalue weighted by atomic mass is 9.93. The van der Waals surface area contributed by atoms with E-state index in [0.717, 1.165) is 17.7 Å². The van der Waals surface area contributed by atoms with Crippen molar-refractivity contribution >= 4 is 0 Å². The van der Waals surface area contributed by atoms with Gasteiger partial charge in [0.05, 0.1) is 19.1 Å². The summed E-state index contributed by atoms with van der Waals surface area (Å²) in [6.45, 7) is 0. The third-order valence-corrected chi connectivity index (χ3v) is 2.93. The zero-order chi connectivity index (χ0) is 12.8. The van der Waals surface area contributed by atoms with Gasteiger partial charge in [-0.2, -0.15) is 5.26 Å². The van der Waals surface area contributed by atoms with Crippen LogP contribution in [0.25, 0.3) is 0 Å². The molecule has 1 unspecified atom stereocenters. The fourth-order valence-corrected chi connectivity index (χ4v) is 1.95. The Bertz CT molecular complexity index is 543. The van der Waals surface area contributed by atoms with Gasteiger partial charge in [0, 0.05) is 0 Å². The molecular formula is C16H15NO. The van der Waals surface area contributed by atoms with Crippen molar-refractivity contribution in [2.75, 3.05) is 7.11 Å². The highest BCUT2D eigenvalue weighted by Gasteiger charge is 2.11. The molecule has 1 atom stereocenters. The van der Waals surface area contributed by atoms with Crippen LogP contribution in [0, 0.1) is 11.3 Å². The molecule has 2 aromatic carbocycles. The standard InChI is InChI=1S/C16H15NO/c1-18-16-9-5-8-14(11-16)15(12-17)10-13-6-3-2-4-7-13/h2-9,11,15H,10H2,1H3. The van der Waals surface area contributed by atoms with Crippen LogP contribution in [0.2, 0.25) is 0 Å². The van der Waals surface area contributed by atoms with E-state index < -0.39 is 0 Å². The zero-order valence-corrected chi connectivity index (χ0v) is 10.3. The van der Waals surface area contributed by atoms with E-state index in [9.17, 15) is 5.26 Å². The first-order chi connectivity index (χ1) is 8.83. The van der Waals surface area contributed by atoms with E-state index in [-0.39, 0.29) is 5.92 Å². The molecule has 18 heavy (non-hydrogen) atoms. The number of methoxy groups -OCH3 is 1. The maximum Gasteiger partial charge on any atom is 0.119 e. The number of rotatable bonds is 4. The van der Waals surface area contributed by atoms with Gasteiger partial charge < -0.3 is 4.74 Å². The normalized spacial score (nSPS) is 11.6. The van der Waals surface area contributed by atoms with Gasteiger partial charge in [-0.3, -0.25) is 0 Å². The first-order valence-electron chi connectivity index (χ1n) is 5.91. The summed E-state index contributed by atoms with van der Waals surface area (Å²) in [6.07, 6.45) is 0.727. The summed E-state index contributed by atoms with van der Waals surface area (Å²) < 4.78 is 5.19. The Morgan fingerprint density at radius 2 is 1.89 bits per heavy atom. The Labute approximate surface area is 107 Å². The van der Waals surface area contributed by atoms with Crippen molar-refractivity contribution in [1.29, 1.82) is 5.26 Å². The van der Waals surface area contributed by atoms with Gasteiger partial charge in [0.2, 0.25) is 0 Å². The van der Waals surface area contributed by atoms with Gasteiger partial charge in [-0.25, -0.2) is 0 Å². The van der Waals surface area contributed by atoms with Crippen LogP contribution >= 0.6 is 0 Å². The highest BCUT2D eigenvalue weighted by molar-refractivity contribution is 5.35. The zero-order valence-electron chi connectivity index (χ0n) is 10.3. The second-order valence-electron chi connectivity index (χ2n) is 4.15. The third kappa shape index (κ3) is 2.89. The first kappa shape index (κ1) is 12.2. The van der Waals surface area contributed by atoms with E-state index in [2.05, 4.69) is 6.07 Å². The lowest BCUT2D eigenvalue weighted by Gasteiger charge is -2.10. The Balaban J connectivity index is 2.21. The highest BCUT2D eigenvalue weighted by atomic mass is 16.5. The van der Waals surface area contributed by atoms with Crippen LogP contribution < -0.4 is 4.74 Å². The molecule has 0 N–H and O–H groups in total. The van der Waals surface area contributed by atoms with Gasteiger partial charge in [0.15, 0.2) is 0 Å². The van der Waals surface area contributed by atoms with Crippen LogP contribution in [-0.4, -0.2) is 7.11 Å². The average Bonchev–Trinajstić information content (AvgIpc) is 2.46. The van der Waals surface area contributed by atoms with Crippen LogP contribution in [0.15, 0.2) is 54.6 Å². The fourth-order valence-electron chi connectivity index (χ4n) is 1.95. The molecule has 0 fully saturated rings. The molecule has 0 heterocycles. The monoisotopic (exact) mass is 237 g/mol. The van der Waals surface area contributed by atoms with Crippen molar-refractivity contribution in [3.8, 4) is 11.8 Å². The fraction of sp³-hybridized carbons (Fsp3) is 0.188. The van der Waals surface area contributed by atoms with Crippen LogP contribution in [0.4, 0.5) is 0 Å². The number of ether oxygens (including phenoxy) is 1. The first-order valence-corrected chi connectivity index (χ1v) is 5.91. The number of hydrogen-bond donors (Lipinski definition) is 0. The molecule has 2 rings (SSSR count). The van der Waals surface area contributed by atoms with E-state index >= 15 is 0 Å². The molecule has 0 bridgehead atoms. The molecule has 0 aliphatic rings. The number of hydrogen-bond acceptors (Lipinski definition) is 2. The molecular weight excluding hydrogens is 222 g/mol. The van der Waals surface area contributed by atoms with Crippen molar-refractivity contribution in [3.63, 3.8) is 0 Å². The van der Waals surface area contributed by atoms with E-state index in [0.29, 0.717) is 0 Å². The summed E-state index contributed by atoms with van der Waals surface area (Å²) in [7, 11) is 1.64. The second kappa shape index (κ2) is 5.88. The van der Waals surface area contributed by atoms with Gasteiger partial charge >= 0.3 is 0 Å². The molecule has 0 spiro atoms. The van der Waals surface area contributed by atoms with Crippen molar-refractivity contribution in [1.82, 2.24) is 0 Å². The number of nitriles is 1. The molecule has 0 saturated carbocycles. The Morgan fingerprint density at radius 1 is 1.11 bits per heavy atom. The SMILES string of the molecule is COc1cccc(C(C#N)Cc2ccccc2)c1. The predicted octanol–water partition coefficient (Wildman–Crippen LogP) is 3.55. The Morgan fingerprint density at radius 3 is 2.56 bits per heavy atom. The van der Waals surface area contributed by atoms with Gasteiger partial charge in [0.1, 0.15) is 5.75 Å². The van der Waals surface area contributed by atoms with Gasteiger partial charge in [-0.1, -0.05) is 42.5 Å². The Kier molecular flexibility index (Phi) is 3.98. The van der Waals surface area contributed by atoms with Crippen molar-refractivity contribution in [2.45, 2.75) is 12.3 Å². The van der Waals surface area contributed by atoms with Crippen molar-refractivity contribution in [3.05, 3.63) is 65.7 Å². The molecule has 0 amide bonds. The predicted molar refractivity (Wildman–Crippen MR) is 71.5 cm³/mol. The Hall–Kier alpha value is -2.27. The van der Waals surface area contributed by atoms with Gasteiger partial charge in [0.25, 0.3) is 0 Å². The molecule has 2 aromatic rings. The maximum atomic E-state index is 9.31. The van der Waals surface area contributed by atoms with E-state index in [1.54, 1.807) is 7.11 Å². The summed E-state index contributed by atoms with van der Waals surface area (Å²) in [4.78, 5) is 0. The topological polar surface area (TPSA) is 33.0 Å². The summed E-state index contributed by atoms with van der Waals surface area (Å²) in [5, 5.41) is 9.31. The summed E-state index contributed by atoms with van der Waals surface area (Å²) in [6, 6.07) is 20.1.